The molecule has 0 heterocycles. The summed E-state index contributed by atoms with van der Waals surface area (Å²) in [6, 6.07) is 4.07. The highest BCUT2D eigenvalue weighted by molar-refractivity contribution is 7.80. The normalized spacial score (nSPS) is 19.6. The Kier molecular flexibility index (Phi) is 8.45. The van der Waals surface area contributed by atoms with E-state index in [-0.39, 0.29) is 35.4 Å². The van der Waals surface area contributed by atoms with Gasteiger partial charge in [-0.05, 0) is 64.7 Å². The first kappa shape index (κ1) is 25.8. The van der Waals surface area contributed by atoms with Crippen LogP contribution in [0.2, 0.25) is 0 Å². The first-order valence-corrected chi connectivity index (χ1v) is 11.5. The maximum absolute atomic E-state index is 13.7. The molecule has 3 N–H and O–H groups in total. The molecule has 4 atom stereocenters. The second-order valence-electron chi connectivity index (χ2n) is 9.56. The highest BCUT2D eigenvalue weighted by Gasteiger charge is 2.48. The van der Waals surface area contributed by atoms with Gasteiger partial charge in [0.25, 0.3) is 0 Å². The number of rotatable bonds is 8. The van der Waals surface area contributed by atoms with Crippen molar-refractivity contribution in [2.75, 3.05) is 5.75 Å². The minimum atomic E-state index is -0.965. The van der Waals surface area contributed by atoms with E-state index in [1.165, 1.54) is 12.1 Å². The van der Waals surface area contributed by atoms with E-state index >= 15 is 0 Å². The molecular weight excluding hydrogens is 430 g/mol. The van der Waals surface area contributed by atoms with Crippen molar-refractivity contribution in [1.29, 1.82) is 0 Å². The average molecular weight is 466 g/mol. The van der Waals surface area contributed by atoms with E-state index in [1.54, 1.807) is 37.8 Å². The van der Waals surface area contributed by atoms with Gasteiger partial charge in [-0.15, -0.1) is 0 Å². The number of hydrogen-bond donors (Lipinski definition) is 4. The minimum absolute atomic E-state index is 0.0454. The smallest absolute Gasteiger partial charge is 0.408 e. The topological polar surface area (TPSA) is 108 Å². The van der Waals surface area contributed by atoms with Crippen LogP contribution in [0, 0.1) is 5.92 Å². The molecule has 1 fully saturated rings. The van der Waals surface area contributed by atoms with E-state index in [2.05, 4.69) is 23.3 Å². The van der Waals surface area contributed by atoms with Gasteiger partial charge in [0.15, 0.2) is 0 Å². The van der Waals surface area contributed by atoms with Crippen LogP contribution >= 0.6 is 12.6 Å². The van der Waals surface area contributed by atoms with Crippen molar-refractivity contribution in [2.45, 2.75) is 77.7 Å². The molecule has 1 aromatic carbocycles. The van der Waals surface area contributed by atoms with Crippen LogP contribution in [0.5, 0.6) is 5.75 Å². The number of amides is 3. The lowest BCUT2D eigenvalue weighted by molar-refractivity contribution is -0.143. The number of aromatic hydroxyl groups is 1. The Hall–Kier alpha value is -2.42. The largest absolute Gasteiger partial charge is 0.508 e. The Morgan fingerprint density at radius 1 is 1.19 bits per heavy atom. The number of carbonyl (C=O) groups is 3. The van der Waals surface area contributed by atoms with Crippen molar-refractivity contribution in [3.63, 3.8) is 0 Å². The summed E-state index contributed by atoms with van der Waals surface area (Å²) < 4.78 is 5.29. The summed E-state index contributed by atoms with van der Waals surface area (Å²) in [6.45, 7) is 10.9. The van der Waals surface area contributed by atoms with Gasteiger partial charge in [-0.3, -0.25) is 9.59 Å². The van der Waals surface area contributed by atoms with Crippen LogP contribution < -0.4 is 10.6 Å². The number of hydrogen-bond acceptors (Lipinski definition) is 6. The first-order chi connectivity index (χ1) is 14.8. The van der Waals surface area contributed by atoms with Gasteiger partial charge < -0.3 is 25.4 Å². The fourth-order valence-electron chi connectivity index (χ4n) is 3.45. The molecule has 1 aliphatic carbocycles. The molecule has 0 aliphatic heterocycles. The Balaban J connectivity index is 2.40. The van der Waals surface area contributed by atoms with Gasteiger partial charge in [0.05, 0.1) is 0 Å². The van der Waals surface area contributed by atoms with E-state index in [9.17, 15) is 19.5 Å². The van der Waals surface area contributed by atoms with Crippen molar-refractivity contribution < 1.29 is 24.2 Å². The van der Waals surface area contributed by atoms with Crippen molar-refractivity contribution in [2.24, 2.45) is 5.92 Å². The van der Waals surface area contributed by atoms with E-state index in [0.717, 1.165) is 6.42 Å². The number of nitrogens with one attached hydrogen (secondary N) is 2. The van der Waals surface area contributed by atoms with Gasteiger partial charge in [-0.2, -0.15) is 12.6 Å². The highest BCUT2D eigenvalue weighted by Crippen LogP contribution is 2.41. The number of phenolic OH excluding ortho intramolecular Hbond substituents is 1. The van der Waals surface area contributed by atoms with Crippen molar-refractivity contribution in [3.8, 4) is 5.75 Å². The van der Waals surface area contributed by atoms with Crippen LogP contribution in [0.1, 0.15) is 59.6 Å². The fraction of sp³-hybridized carbons (Fsp3) is 0.609. The monoisotopic (exact) mass is 465 g/mol. The second kappa shape index (κ2) is 10.5. The van der Waals surface area contributed by atoms with Crippen LogP contribution in [-0.2, 0) is 14.3 Å². The maximum atomic E-state index is 13.7. The molecule has 0 saturated heterocycles. The summed E-state index contributed by atoms with van der Waals surface area (Å²) >= 11 is 4.27. The van der Waals surface area contributed by atoms with E-state index in [0.29, 0.717) is 5.56 Å². The molecule has 1 aromatic rings. The van der Waals surface area contributed by atoms with E-state index in [4.69, 9.17) is 4.74 Å². The van der Waals surface area contributed by atoms with Crippen molar-refractivity contribution in [3.05, 3.63) is 29.8 Å². The third kappa shape index (κ3) is 7.05. The van der Waals surface area contributed by atoms with Crippen LogP contribution in [0.4, 0.5) is 4.79 Å². The molecule has 178 valence electrons. The highest BCUT2D eigenvalue weighted by atomic mass is 32.1. The predicted molar refractivity (Wildman–Crippen MR) is 126 cm³/mol. The number of alkyl carbamates (subject to hydrolysis) is 1. The molecule has 0 radical (unpaired) electrons. The summed E-state index contributed by atoms with van der Waals surface area (Å²) in [6.07, 6.45) is 0.0302. The molecule has 4 unspecified atom stereocenters. The Morgan fingerprint density at radius 2 is 1.75 bits per heavy atom. The number of nitrogens with zero attached hydrogens (tertiary/aromatic N) is 1. The molecule has 32 heavy (non-hydrogen) atoms. The standard InChI is InChI=1S/C23H35N3O5S/c1-13(2)24-20(28)19(15-7-9-16(27)10-8-15)26(18-11-14(18)3)21(29)17(12-32)25-22(30)31-23(4,5)6/h7-10,13-14,17-19,27,32H,11-12H2,1-6H3,(H,24,28)(H,25,30). The molecule has 0 aromatic heterocycles. The van der Waals surface area contributed by atoms with Crippen LogP contribution in [0.15, 0.2) is 24.3 Å². The van der Waals surface area contributed by atoms with Gasteiger partial charge in [0.1, 0.15) is 23.4 Å². The van der Waals surface area contributed by atoms with Gasteiger partial charge in [0, 0.05) is 17.8 Å². The third-order valence-electron chi connectivity index (χ3n) is 5.02. The van der Waals surface area contributed by atoms with E-state index < -0.39 is 29.7 Å². The molecule has 9 heteroatoms. The Morgan fingerprint density at radius 3 is 2.19 bits per heavy atom. The van der Waals surface area contributed by atoms with Crippen molar-refractivity contribution >= 4 is 30.5 Å². The van der Waals surface area contributed by atoms with E-state index in [1.807, 2.05) is 20.8 Å². The molecule has 0 bridgehead atoms. The summed E-state index contributed by atoms with van der Waals surface area (Å²) in [5.41, 5.74) is -0.145. The summed E-state index contributed by atoms with van der Waals surface area (Å²) in [7, 11) is 0. The zero-order chi connectivity index (χ0) is 24.2. The molecule has 0 spiro atoms. The lowest BCUT2D eigenvalue weighted by Gasteiger charge is -2.35. The molecule has 3 amide bonds. The number of benzene rings is 1. The number of phenols is 1. The molecule has 1 aliphatic rings. The van der Waals surface area contributed by atoms with Gasteiger partial charge in [-0.25, -0.2) is 4.79 Å². The lowest BCUT2D eigenvalue weighted by Crippen LogP contribution is -2.55. The molecular formula is C23H35N3O5S. The van der Waals surface area contributed by atoms with Crippen LogP contribution in [-0.4, -0.2) is 57.4 Å². The third-order valence-corrected chi connectivity index (χ3v) is 5.38. The first-order valence-electron chi connectivity index (χ1n) is 10.9. The molecule has 1 saturated carbocycles. The average Bonchev–Trinajstić information content (AvgIpc) is 3.38. The lowest BCUT2D eigenvalue weighted by atomic mass is 10.0. The second-order valence-corrected chi connectivity index (χ2v) is 9.93. The SMILES string of the molecule is CC(C)NC(=O)C(c1ccc(O)cc1)N(C(=O)C(CS)NC(=O)OC(C)(C)C)C1CC1C. The van der Waals surface area contributed by atoms with Crippen LogP contribution in [0.3, 0.4) is 0 Å². The minimum Gasteiger partial charge on any atom is -0.508 e. The van der Waals surface area contributed by atoms with Crippen LogP contribution in [0.25, 0.3) is 0 Å². The Bertz CT molecular complexity index is 822. The van der Waals surface area contributed by atoms with Gasteiger partial charge in [0.2, 0.25) is 11.8 Å². The summed E-state index contributed by atoms with van der Waals surface area (Å²) in [5.74, 6) is -0.406. The zero-order valence-corrected chi connectivity index (χ0v) is 20.5. The predicted octanol–water partition coefficient (Wildman–Crippen LogP) is 3.02. The zero-order valence-electron chi connectivity index (χ0n) is 19.6. The van der Waals surface area contributed by atoms with Gasteiger partial charge >= 0.3 is 6.09 Å². The summed E-state index contributed by atoms with van der Waals surface area (Å²) in [4.78, 5) is 40.8. The number of thiol groups is 1. The maximum Gasteiger partial charge on any atom is 0.408 e. The Labute approximate surface area is 195 Å². The number of ether oxygens (including phenoxy) is 1. The molecule has 2 rings (SSSR count). The molecule has 8 nitrogen and oxygen atoms in total. The van der Waals surface area contributed by atoms with Gasteiger partial charge in [-0.1, -0.05) is 19.1 Å². The summed E-state index contributed by atoms with van der Waals surface area (Å²) in [5, 5.41) is 15.2. The number of carbonyl (C=O) groups excluding carboxylic acids is 3. The quantitative estimate of drug-likeness (QED) is 0.442. The van der Waals surface area contributed by atoms with Crippen molar-refractivity contribution in [1.82, 2.24) is 15.5 Å². The fourth-order valence-corrected chi connectivity index (χ4v) is 3.69.